The predicted octanol–water partition coefficient (Wildman–Crippen LogP) is 4.54. The topological polar surface area (TPSA) is 52.4 Å². The van der Waals surface area contributed by atoms with Gasteiger partial charge in [-0.2, -0.15) is 0 Å². The van der Waals surface area contributed by atoms with E-state index in [0.717, 1.165) is 20.5 Å². The maximum absolute atomic E-state index is 10.6. The van der Waals surface area contributed by atoms with Crippen molar-refractivity contribution in [3.63, 3.8) is 0 Å². The molecule has 0 fully saturated rings. The van der Waals surface area contributed by atoms with Gasteiger partial charge < -0.3 is 4.74 Å². The first-order chi connectivity index (χ1) is 9.60. The Morgan fingerprint density at radius 1 is 1.15 bits per heavy atom. The van der Waals surface area contributed by atoms with E-state index in [0.29, 0.717) is 0 Å². The second-order valence-electron chi connectivity index (χ2n) is 4.07. The van der Waals surface area contributed by atoms with Crippen molar-refractivity contribution in [3.8, 4) is 5.75 Å². The highest BCUT2D eigenvalue weighted by atomic mass is 127. The quantitative estimate of drug-likeness (QED) is 0.338. The molecule has 2 rings (SSSR count). The lowest BCUT2D eigenvalue weighted by Gasteiger charge is -2.02. The molecular weight excluding hydrogens is 369 g/mol. The van der Waals surface area contributed by atoms with Crippen LogP contribution in [0.15, 0.2) is 48.5 Å². The molecule has 102 valence electrons. The molecule has 0 heterocycles. The third kappa shape index (κ3) is 3.57. The molecule has 0 N–H and O–H groups in total. The van der Waals surface area contributed by atoms with Crippen LogP contribution in [0.4, 0.5) is 5.69 Å². The zero-order chi connectivity index (χ0) is 14.5. The van der Waals surface area contributed by atoms with E-state index in [2.05, 4.69) is 22.6 Å². The van der Waals surface area contributed by atoms with E-state index in [9.17, 15) is 10.1 Å². The lowest BCUT2D eigenvalue weighted by Crippen LogP contribution is -1.87. The third-order valence-corrected chi connectivity index (χ3v) is 3.70. The second kappa shape index (κ2) is 6.51. The van der Waals surface area contributed by atoms with Gasteiger partial charge in [0, 0.05) is 15.7 Å². The molecule has 0 aliphatic rings. The highest BCUT2D eigenvalue weighted by Gasteiger charge is 2.05. The molecule has 0 saturated heterocycles. The van der Waals surface area contributed by atoms with Gasteiger partial charge in [0.1, 0.15) is 5.75 Å². The largest absolute Gasteiger partial charge is 0.497 e. The summed E-state index contributed by atoms with van der Waals surface area (Å²) in [7, 11) is 1.63. The van der Waals surface area contributed by atoms with Crippen LogP contribution in [0.25, 0.3) is 9.66 Å². The fourth-order valence-corrected chi connectivity index (χ4v) is 2.39. The molecule has 2 aromatic carbocycles. The number of methoxy groups -OCH3 is 1. The van der Waals surface area contributed by atoms with E-state index in [4.69, 9.17) is 4.74 Å². The summed E-state index contributed by atoms with van der Waals surface area (Å²) in [4.78, 5) is 10.2. The van der Waals surface area contributed by atoms with Crippen LogP contribution in [-0.2, 0) is 0 Å². The van der Waals surface area contributed by atoms with Crippen molar-refractivity contribution in [2.24, 2.45) is 0 Å². The molecule has 0 amide bonds. The van der Waals surface area contributed by atoms with Gasteiger partial charge in [0.25, 0.3) is 5.69 Å². The molecule has 0 aliphatic carbocycles. The van der Waals surface area contributed by atoms with Crippen LogP contribution in [-0.4, -0.2) is 12.0 Å². The van der Waals surface area contributed by atoms with Crippen LogP contribution in [0, 0.1) is 10.1 Å². The maximum atomic E-state index is 10.6. The summed E-state index contributed by atoms with van der Waals surface area (Å²) >= 11 is 2.22. The molecule has 20 heavy (non-hydrogen) atoms. The lowest BCUT2D eigenvalue weighted by molar-refractivity contribution is -0.384. The van der Waals surface area contributed by atoms with Crippen molar-refractivity contribution in [2.75, 3.05) is 7.11 Å². The van der Waals surface area contributed by atoms with Crippen molar-refractivity contribution in [1.82, 2.24) is 0 Å². The van der Waals surface area contributed by atoms with Crippen LogP contribution in [0.3, 0.4) is 0 Å². The highest BCUT2D eigenvalue weighted by molar-refractivity contribution is 14.1. The number of ether oxygens (including phenoxy) is 1. The average Bonchev–Trinajstić information content (AvgIpc) is 2.48. The first kappa shape index (κ1) is 14.5. The number of nitro groups is 1. The van der Waals surface area contributed by atoms with Gasteiger partial charge in [-0.3, -0.25) is 10.1 Å². The van der Waals surface area contributed by atoms with Crippen LogP contribution < -0.4 is 4.74 Å². The molecule has 4 nitrogen and oxygen atoms in total. The Bertz CT molecular complexity index is 633. The molecule has 0 saturated carbocycles. The zero-order valence-electron chi connectivity index (χ0n) is 10.7. The summed E-state index contributed by atoms with van der Waals surface area (Å²) in [5.41, 5.74) is 2.10. The summed E-state index contributed by atoms with van der Waals surface area (Å²) in [6.07, 6.45) is 2.02. The Balaban J connectivity index is 2.22. The van der Waals surface area contributed by atoms with Gasteiger partial charge in [0.05, 0.1) is 12.0 Å². The number of nitrogens with zero attached hydrogens (tertiary/aromatic N) is 1. The van der Waals surface area contributed by atoms with Crippen molar-refractivity contribution in [1.29, 1.82) is 0 Å². The smallest absolute Gasteiger partial charge is 0.269 e. The lowest BCUT2D eigenvalue weighted by atomic mass is 10.1. The Kier molecular flexibility index (Phi) is 4.73. The number of halogens is 1. The Hall–Kier alpha value is -1.89. The Morgan fingerprint density at radius 3 is 2.25 bits per heavy atom. The molecule has 0 aliphatic heterocycles. The number of benzene rings is 2. The Labute approximate surface area is 130 Å². The van der Waals surface area contributed by atoms with Gasteiger partial charge >= 0.3 is 0 Å². The number of hydrogen-bond acceptors (Lipinski definition) is 3. The van der Waals surface area contributed by atoms with E-state index in [1.807, 2.05) is 30.3 Å². The predicted molar refractivity (Wildman–Crippen MR) is 88.0 cm³/mol. The van der Waals surface area contributed by atoms with Crippen molar-refractivity contribution >= 4 is 37.9 Å². The number of nitro benzene ring substituents is 1. The van der Waals surface area contributed by atoms with Gasteiger partial charge in [0.15, 0.2) is 0 Å². The number of rotatable bonds is 4. The van der Waals surface area contributed by atoms with E-state index < -0.39 is 4.92 Å². The summed E-state index contributed by atoms with van der Waals surface area (Å²) in [5.74, 6) is 0.812. The minimum Gasteiger partial charge on any atom is -0.497 e. The van der Waals surface area contributed by atoms with Crippen LogP contribution in [0.5, 0.6) is 5.75 Å². The van der Waals surface area contributed by atoms with E-state index in [1.165, 1.54) is 12.1 Å². The second-order valence-corrected chi connectivity index (χ2v) is 5.23. The molecule has 0 bridgehead atoms. The first-order valence-electron chi connectivity index (χ1n) is 5.86. The fourth-order valence-electron chi connectivity index (χ4n) is 1.67. The third-order valence-electron chi connectivity index (χ3n) is 2.76. The molecule has 5 heteroatoms. The maximum Gasteiger partial charge on any atom is 0.269 e. The van der Waals surface area contributed by atoms with Crippen molar-refractivity contribution in [3.05, 3.63) is 69.8 Å². The molecular formula is C15H12INO3. The highest BCUT2D eigenvalue weighted by Crippen LogP contribution is 2.27. The Morgan fingerprint density at radius 2 is 1.75 bits per heavy atom. The van der Waals surface area contributed by atoms with Gasteiger partial charge in [-0.15, -0.1) is 0 Å². The van der Waals surface area contributed by atoms with E-state index in [-0.39, 0.29) is 5.69 Å². The molecule has 0 unspecified atom stereocenters. The molecule has 0 aromatic heterocycles. The minimum absolute atomic E-state index is 0.0994. The van der Waals surface area contributed by atoms with Crippen LogP contribution in [0.2, 0.25) is 0 Å². The van der Waals surface area contributed by atoms with Crippen molar-refractivity contribution in [2.45, 2.75) is 0 Å². The van der Waals surface area contributed by atoms with Crippen molar-refractivity contribution < 1.29 is 9.66 Å². The van der Waals surface area contributed by atoms with Gasteiger partial charge in [0.2, 0.25) is 0 Å². The summed E-state index contributed by atoms with van der Waals surface area (Å²) in [6.45, 7) is 0. The molecule has 0 atom stereocenters. The average molecular weight is 381 g/mol. The van der Waals surface area contributed by atoms with Gasteiger partial charge in [-0.05, 0) is 64.1 Å². The van der Waals surface area contributed by atoms with Gasteiger partial charge in [-0.25, -0.2) is 0 Å². The standard InChI is InChI=1S/C15H12INO3/c1-20-14-8-2-11(3-9-14)10-15(16)12-4-6-13(7-5-12)17(18)19/h2-10H,1H3/b15-10+. The molecule has 0 radical (unpaired) electrons. The van der Waals surface area contributed by atoms with Crippen LogP contribution in [0.1, 0.15) is 11.1 Å². The monoisotopic (exact) mass is 381 g/mol. The summed E-state index contributed by atoms with van der Waals surface area (Å²) in [5, 5.41) is 10.6. The zero-order valence-corrected chi connectivity index (χ0v) is 12.9. The molecule has 0 spiro atoms. The number of non-ortho nitro benzene ring substituents is 1. The molecule has 2 aromatic rings. The van der Waals surface area contributed by atoms with E-state index in [1.54, 1.807) is 19.2 Å². The van der Waals surface area contributed by atoms with Crippen LogP contribution >= 0.6 is 22.6 Å². The fraction of sp³-hybridized carbons (Fsp3) is 0.0667. The van der Waals surface area contributed by atoms with Gasteiger partial charge in [-0.1, -0.05) is 12.1 Å². The van der Waals surface area contributed by atoms with E-state index >= 15 is 0 Å². The number of hydrogen-bond donors (Lipinski definition) is 0. The summed E-state index contributed by atoms with van der Waals surface area (Å²) < 4.78 is 6.12. The first-order valence-corrected chi connectivity index (χ1v) is 6.94. The SMILES string of the molecule is COc1ccc(/C=C(/I)c2ccc([N+](=O)[O-])cc2)cc1. The summed E-state index contributed by atoms with van der Waals surface area (Å²) in [6, 6.07) is 14.2. The minimum atomic E-state index is -0.399. The normalized spacial score (nSPS) is 11.2.